The van der Waals surface area contributed by atoms with Gasteiger partial charge in [-0.2, -0.15) is 0 Å². The van der Waals surface area contributed by atoms with Crippen LogP contribution in [0.4, 0.5) is 5.69 Å². The summed E-state index contributed by atoms with van der Waals surface area (Å²) in [6.07, 6.45) is 3.26. The first-order valence-electron chi connectivity index (χ1n) is 6.51. The average Bonchev–Trinajstić information content (AvgIpc) is 2.48. The molecular formula is C17H15NO3. The third-order valence-corrected chi connectivity index (χ3v) is 3.21. The van der Waals surface area contributed by atoms with Crippen molar-refractivity contribution in [3.05, 3.63) is 80.9 Å². The summed E-state index contributed by atoms with van der Waals surface area (Å²) >= 11 is 0. The van der Waals surface area contributed by atoms with Crippen LogP contribution in [0.3, 0.4) is 0 Å². The molecule has 0 aliphatic rings. The maximum atomic E-state index is 12.0. The van der Waals surface area contributed by atoms with Gasteiger partial charge >= 0.3 is 0 Å². The van der Waals surface area contributed by atoms with Crippen molar-refractivity contribution in [1.82, 2.24) is 0 Å². The van der Waals surface area contributed by atoms with E-state index in [4.69, 9.17) is 0 Å². The lowest BCUT2D eigenvalue weighted by molar-refractivity contribution is -0.384. The van der Waals surface area contributed by atoms with Gasteiger partial charge in [-0.1, -0.05) is 29.8 Å². The highest BCUT2D eigenvalue weighted by Gasteiger charge is 2.07. The maximum absolute atomic E-state index is 12.0. The van der Waals surface area contributed by atoms with Crippen molar-refractivity contribution in [1.29, 1.82) is 0 Å². The minimum absolute atomic E-state index is 0.0231. The molecule has 106 valence electrons. The fraction of sp³-hybridized carbons (Fsp3) is 0.118. The molecule has 0 spiro atoms. The number of non-ortho nitro benzene ring substituents is 1. The molecular weight excluding hydrogens is 266 g/mol. The number of nitrogens with zero attached hydrogens (tertiary/aromatic N) is 1. The molecule has 0 N–H and O–H groups in total. The standard InChI is InChI=1S/C17H15NO3/c1-12-3-4-13(2)15(11-12)7-10-17(19)14-5-8-16(9-6-14)18(20)21/h3-11H,1-2H3. The van der Waals surface area contributed by atoms with E-state index in [9.17, 15) is 14.9 Å². The van der Waals surface area contributed by atoms with Crippen LogP contribution in [-0.4, -0.2) is 10.7 Å². The number of hydrogen-bond acceptors (Lipinski definition) is 3. The Morgan fingerprint density at radius 1 is 1.10 bits per heavy atom. The molecule has 0 amide bonds. The highest BCUT2D eigenvalue weighted by molar-refractivity contribution is 6.07. The lowest BCUT2D eigenvalue weighted by Crippen LogP contribution is -1.95. The SMILES string of the molecule is Cc1ccc(C)c(C=CC(=O)c2ccc([N+](=O)[O-])cc2)c1. The summed E-state index contributed by atoms with van der Waals surface area (Å²) in [7, 11) is 0. The Labute approximate surface area is 122 Å². The zero-order chi connectivity index (χ0) is 15.4. The van der Waals surface area contributed by atoms with Gasteiger partial charge in [0, 0.05) is 17.7 Å². The van der Waals surface area contributed by atoms with Gasteiger partial charge in [0.25, 0.3) is 5.69 Å². The third kappa shape index (κ3) is 3.63. The van der Waals surface area contributed by atoms with E-state index in [-0.39, 0.29) is 11.5 Å². The van der Waals surface area contributed by atoms with Crippen LogP contribution in [-0.2, 0) is 0 Å². The van der Waals surface area contributed by atoms with Gasteiger partial charge in [0.2, 0.25) is 0 Å². The fourth-order valence-electron chi connectivity index (χ4n) is 1.95. The molecule has 0 aliphatic carbocycles. The highest BCUT2D eigenvalue weighted by Crippen LogP contribution is 2.15. The van der Waals surface area contributed by atoms with Gasteiger partial charge in [-0.05, 0) is 43.2 Å². The Kier molecular flexibility index (Phi) is 4.28. The van der Waals surface area contributed by atoms with E-state index < -0.39 is 4.92 Å². The number of carbonyl (C=O) groups excluding carboxylic acids is 1. The van der Waals surface area contributed by atoms with Crippen LogP contribution < -0.4 is 0 Å². The summed E-state index contributed by atoms with van der Waals surface area (Å²) in [6.45, 7) is 3.98. The van der Waals surface area contributed by atoms with Crippen LogP contribution in [0.1, 0.15) is 27.0 Å². The Morgan fingerprint density at radius 2 is 1.76 bits per heavy atom. The van der Waals surface area contributed by atoms with Crippen molar-refractivity contribution in [2.45, 2.75) is 13.8 Å². The van der Waals surface area contributed by atoms with Crippen LogP contribution >= 0.6 is 0 Å². The molecule has 2 aromatic carbocycles. The van der Waals surface area contributed by atoms with Crippen LogP contribution in [0.25, 0.3) is 6.08 Å². The first-order valence-corrected chi connectivity index (χ1v) is 6.51. The van der Waals surface area contributed by atoms with E-state index in [2.05, 4.69) is 0 Å². The van der Waals surface area contributed by atoms with Crippen molar-refractivity contribution < 1.29 is 9.72 Å². The van der Waals surface area contributed by atoms with E-state index >= 15 is 0 Å². The molecule has 0 bridgehead atoms. The molecule has 4 heteroatoms. The molecule has 21 heavy (non-hydrogen) atoms. The minimum Gasteiger partial charge on any atom is -0.289 e. The summed E-state index contributed by atoms with van der Waals surface area (Å²) < 4.78 is 0. The van der Waals surface area contributed by atoms with Crippen molar-refractivity contribution in [2.75, 3.05) is 0 Å². The fourth-order valence-corrected chi connectivity index (χ4v) is 1.95. The van der Waals surface area contributed by atoms with Gasteiger partial charge in [0.15, 0.2) is 5.78 Å². The molecule has 0 aromatic heterocycles. The summed E-state index contributed by atoms with van der Waals surface area (Å²) in [5.74, 6) is -0.175. The lowest BCUT2D eigenvalue weighted by Gasteiger charge is -2.01. The Balaban J connectivity index is 2.19. The number of allylic oxidation sites excluding steroid dienone is 1. The van der Waals surface area contributed by atoms with Crippen molar-refractivity contribution in [2.24, 2.45) is 0 Å². The third-order valence-electron chi connectivity index (χ3n) is 3.21. The maximum Gasteiger partial charge on any atom is 0.269 e. The molecule has 0 aliphatic heterocycles. The second-order valence-corrected chi connectivity index (χ2v) is 4.86. The largest absolute Gasteiger partial charge is 0.289 e. The van der Waals surface area contributed by atoms with Crippen LogP contribution in [0.5, 0.6) is 0 Å². The van der Waals surface area contributed by atoms with Crippen LogP contribution in [0.15, 0.2) is 48.5 Å². The van der Waals surface area contributed by atoms with Gasteiger partial charge in [0.1, 0.15) is 0 Å². The van der Waals surface area contributed by atoms with Gasteiger partial charge in [-0.25, -0.2) is 0 Å². The summed E-state index contributed by atoms with van der Waals surface area (Å²) in [6, 6.07) is 11.6. The quantitative estimate of drug-likeness (QED) is 0.367. The molecule has 2 rings (SSSR count). The lowest BCUT2D eigenvalue weighted by atomic mass is 10.0. The molecule has 0 saturated heterocycles. The van der Waals surface area contributed by atoms with Crippen molar-refractivity contribution >= 4 is 17.5 Å². The van der Waals surface area contributed by atoms with Gasteiger partial charge in [-0.3, -0.25) is 14.9 Å². The normalized spacial score (nSPS) is 10.8. The van der Waals surface area contributed by atoms with Crippen LogP contribution in [0, 0.1) is 24.0 Å². The van der Waals surface area contributed by atoms with Crippen molar-refractivity contribution in [3.63, 3.8) is 0 Å². The summed E-state index contributed by atoms with van der Waals surface area (Å²) in [5, 5.41) is 10.6. The van der Waals surface area contributed by atoms with Crippen LogP contribution in [0.2, 0.25) is 0 Å². The summed E-state index contributed by atoms with van der Waals surface area (Å²) in [5.41, 5.74) is 3.62. The average molecular weight is 281 g/mol. The molecule has 0 fully saturated rings. The minimum atomic E-state index is -0.486. The Hall–Kier alpha value is -2.75. The number of rotatable bonds is 4. The predicted octanol–water partition coefficient (Wildman–Crippen LogP) is 4.11. The first kappa shape index (κ1) is 14.7. The second kappa shape index (κ2) is 6.13. The second-order valence-electron chi connectivity index (χ2n) is 4.86. The molecule has 0 radical (unpaired) electrons. The highest BCUT2D eigenvalue weighted by atomic mass is 16.6. The zero-order valence-corrected chi connectivity index (χ0v) is 11.9. The molecule has 0 atom stereocenters. The number of ketones is 1. The Bertz CT molecular complexity index is 715. The van der Waals surface area contributed by atoms with E-state index in [1.807, 2.05) is 32.0 Å². The number of nitro benzene ring substituents is 1. The molecule has 0 unspecified atom stereocenters. The number of carbonyl (C=O) groups is 1. The van der Waals surface area contributed by atoms with E-state index in [0.29, 0.717) is 5.56 Å². The smallest absolute Gasteiger partial charge is 0.269 e. The Morgan fingerprint density at radius 3 is 2.38 bits per heavy atom. The zero-order valence-electron chi connectivity index (χ0n) is 11.9. The van der Waals surface area contributed by atoms with Gasteiger partial charge in [0.05, 0.1) is 4.92 Å². The first-order chi connectivity index (χ1) is 9.97. The van der Waals surface area contributed by atoms with E-state index in [1.165, 1.54) is 30.3 Å². The number of benzene rings is 2. The summed E-state index contributed by atoms with van der Waals surface area (Å²) in [4.78, 5) is 22.1. The number of hydrogen-bond donors (Lipinski definition) is 0. The van der Waals surface area contributed by atoms with Gasteiger partial charge < -0.3 is 0 Å². The number of nitro groups is 1. The van der Waals surface area contributed by atoms with Gasteiger partial charge in [-0.15, -0.1) is 0 Å². The molecule has 4 nitrogen and oxygen atoms in total. The molecule has 0 saturated carbocycles. The van der Waals surface area contributed by atoms with Crippen molar-refractivity contribution in [3.8, 4) is 0 Å². The molecule has 2 aromatic rings. The number of aryl methyl sites for hydroxylation is 2. The topological polar surface area (TPSA) is 60.2 Å². The van der Waals surface area contributed by atoms with E-state index in [0.717, 1.165) is 16.7 Å². The predicted molar refractivity (Wildman–Crippen MR) is 82.4 cm³/mol. The molecule has 0 heterocycles. The monoisotopic (exact) mass is 281 g/mol. The van der Waals surface area contributed by atoms with E-state index in [1.54, 1.807) is 6.08 Å².